The minimum Gasteiger partial charge on any atom is -0.478 e. The average molecular weight is 450 g/mol. The maximum absolute atomic E-state index is 13.6. The lowest BCUT2D eigenvalue weighted by Crippen LogP contribution is -2.11. The number of fused-ring (bicyclic) bond motifs is 1. The van der Waals surface area contributed by atoms with Gasteiger partial charge < -0.3 is 5.11 Å². The first-order valence-corrected chi connectivity index (χ1v) is 10.3. The summed E-state index contributed by atoms with van der Waals surface area (Å²) >= 11 is 6.17. The number of hydrogen-bond acceptors (Lipinski definition) is 3. The smallest absolute Gasteiger partial charge is 0.416 e. The van der Waals surface area contributed by atoms with Gasteiger partial charge in [-0.05, 0) is 61.1 Å². The number of aromatic nitrogens is 3. The van der Waals surface area contributed by atoms with E-state index in [4.69, 9.17) is 16.7 Å². The van der Waals surface area contributed by atoms with Gasteiger partial charge in [-0.2, -0.15) is 18.3 Å². The fraction of sp³-hybridized carbons (Fsp3) is 0.318. The molecule has 0 saturated heterocycles. The third-order valence-electron chi connectivity index (χ3n) is 5.49. The van der Waals surface area contributed by atoms with E-state index in [1.807, 2.05) is 0 Å². The third kappa shape index (κ3) is 4.30. The number of alkyl halides is 3. The van der Waals surface area contributed by atoms with Crippen LogP contribution in [0, 0.1) is 0 Å². The topological polar surface area (TPSA) is 68.0 Å². The first-order valence-electron chi connectivity index (χ1n) is 9.89. The molecule has 2 heterocycles. The van der Waals surface area contributed by atoms with E-state index in [9.17, 15) is 18.0 Å². The summed E-state index contributed by atoms with van der Waals surface area (Å²) in [6.07, 6.45) is 0.988. The van der Waals surface area contributed by atoms with E-state index in [1.54, 1.807) is 10.7 Å². The van der Waals surface area contributed by atoms with Crippen LogP contribution >= 0.6 is 11.6 Å². The van der Waals surface area contributed by atoms with Crippen molar-refractivity contribution in [2.24, 2.45) is 0 Å². The highest BCUT2D eigenvalue weighted by Crippen LogP contribution is 2.37. The maximum Gasteiger partial charge on any atom is 0.416 e. The predicted molar refractivity (Wildman–Crippen MR) is 109 cm³/mol. The van der Waals surface area contributed by atoms with Crippen molar-refractivity contribution in [3.8, 4) is 5.82 Å². The van der Waals surface area contributed by atoms with Crippen molar-refractivity contribution < 1.29 is 23.1 Å². The Labute approximate surface area is 181 Å². The van der Waals surface area contributed by atoms with Crippen molar-refractivity contribution in [3.05, 3.63) is 75.2 Å². The lowest BCUT2D eigenvalue weighted by molar-refractivity contribution is -0.138. The number of rotatable bonds is 4. The normalized spacial score (nSPS) is 14.2. The molecule has 5 nitrogen and oxygen atoms in total. The van der Waals surface area contributed by atoms with Crippen LogP contribution in [0.15, 0.2) is 36.5 Å². The minimum absolute atomic E-state index is 0.00236. The zero-order valence-electron chi connectivity index (χ0n) is 16.4. The molecular formula is C22H19ClF3N3O2. The van der Waals surface area contributed by atoms with E-state index in [1.165, 1.54) is 24.4 Å². The van der Waals surface area contributed by atoms with Crippen LogP contribution in [0.25, 0.3) is 5.82 Å². The molecule has 4 rings (SSSR count). The van der Waals surface area contributed by atoms with Crippen LogP contribution < -0.4 is 0 Å². The molecule has 1 N–H and O–H groups in total. The molecule has 1 aliphatic rings. The second kappa shape index (κ2) is 8.34. The highest BCUT2D eigenvalue weighted by atomic mass is 35.5. The van der Waals surface area contributed by atoms with E-state index in [2.05, 4.69) is 10.1 Å². The number of nitrogens with zero attached hydrogens (tertiary/aromatic N) is 3. The van der Waals surface area contributed by atoms with Gasteiger partial charge in [0, 0.05) is 23.3 Å². The summed E-state index contributed by atoms with van der Waals surface area (Å²) in [4.78, 5) is 15.3. The Hall–Kier alpha value is -2.87. The lowest BCUT2D eigenvalue weighted by atomic mass is 9.98. The highest BCUT2D eigenvalue weighted by Gasteiger charge is 2.35. The molecule has 1 aromatic carbocycles. The number of halogens is 4. The van der Waals surface area contributed by atoms with Gasteiger partial charge in [0.1, 0.15) is 0 Å². The summed E-state index contributed by atoms with van der Waals surface area (Å²) in [5.41, 5.74) is 1.66. The molecule has 0 unspecified atom stereocenters. The monoisotopic (exact) mass is 449 g/mol. The van der Waals surface area contributed by atoms with Crippen LogP contribution in [-0.2, 0) is 25.4 Å². The zero-order valence-corrected chi connectivity index (χ0v) is 17.2. The van der Waals surface area contributed by atoms with Crippen molar-refractivity contribution in [1.29, 1.82) is 0 Å². The van der Waals surface area contributed by atoms with Crippen molar-refractivity contribution in [2.75, 3.05) is 0 Å². The van der Waals surface area contributed by atoms with E-state index in [-0.39, 0.29) is 22.6 Å². The van der Waals surface area contributed by atoms with Gasteiger partial charge in [0.05, 0.1) is 16.8 Å². The minimum atomic E-state index is -4.52. The largest absolute Gasteiger partial charge is 0.478 e. The van der Waals surface area contributed by atoms with E-state index in [0.717, 1.165) is 43.0 Å². The molecule has 0 bridgehead atoms. The summed E-state index contributed by atoms with van der Waals surface area (Å²) in [5.74, 6) is -0.651. The number of benzene rings is 1. The Kier molecular flexibility index (Phi) is 5.75. The van der Waals surface area contributed by atoms with Crippen molar-refractivity contribution in [1.82, 2.24) is 14.8 Å². The fourth-order valence-corrected chi connectivity index (χ4v) is 4.23. The molecule has 31 heavy (non-hydrogen) atoms. The summed E-state index contributed by atoms with van der Waals surface area (Å²) in [5, 5.41) is 13.8. The van der Waals surface area contributed by atoms with Gasteiger partial charge in [-0.3, -0.25) is 0 Å². The standard InChI is InChI=1S/C22H19ClF3N3O2/c23-17-7-4-6-16(22(24,25)26)15(17)11-18-14-5-2-1-3-8-19(14)29(28-18)20-10-9-13(12-27-20)21(30)31/h4,6-7,9-10,12H,1-3,5,8,11H2,(H,30,31). The van der Waals surface area contributed by atoms with Crippen LogP contribution in [0.5, 0.6) is 0 Å². The number of hydrogen-bond donors (Lipinski definition) is 1. The van der Waals surface area contributed by atoms with Crippen LogP contribution in [0.1, 0.15) is 57.7 Å². The molecule has 0 amide bonds. The molecule has 0 radical (unpaired) electrons. The van der Waals surface area contributed by atoms with Crippen molar-refractivity contribution >= 4 is 17.6 Å². The molecule has 3 aromatic rings. The number of carboxylic acid groups (broad SMARTS) is 1. The molecule has 1 aliphatic carbocycles. The second-order valence-electron chi connectivity index (χ2n) is 7.50. The SMILES string of the molecule is O=C(O)c1ccc(-n2nc(Cc3c(Cl)cccc3C(F)(F)F)c3c2CCCCC3)nc1. The van der Waals surface area contributed by atoms with Gasteiger partial charge in [0.2, 0.25) is 0 Å². The summed E-state index contributed by atoms with van der Waals surface area (Å²) in [6, 6.07) is 6.77. The first kappa shape index (κ1) is 21.4. The fourth-order valence-electron chi connectivity index (χ4n) is 3.99. The van der Waals surface area contributed by atoms with Crippen LogP contribution in [0.3, 0.4) is 0 Å². The summed E-state index contributed by atoms with van der Waals surface area (Å²) in [7, 11) is 0. The Morgan fingerprint density at radius 3 is 2.58 bits per heavy atom. The maximum atomic E-state index is 13.6. The average Bonchev–Trinajstić information content (AvgIpc) is 2.89. The van der Waals surface area contributed by atoms with Crippen molar-refractivity contribution in [3.63, 3.8) is 0 Å². The molecule has 9 heteroatoms. The van der Waals surface area contributed by atoms with E-state index >= 15 is 0 Å². The number of carbonyl (C=O) groups is 1. The van der Waals surface area contributed by atoms with Crippen LogP contribution in [0.4, 0.5) is 13.2 Å². The van der Waals surface area contributed by atoms with Gasteiger partial charge in [-0.15, -0.1) is 0 Å². The Bertz CT molecular complexity index is 1120. The van der Waals surface area contributed by atoms with Crippen LogP contribution in [-0.4, -0.2) is 25.8 Å². The third-order valence-corrected chi connectivity index (χ3v) is 5.85. The molecule has 0 aliphatic heterocycles. The van der Waals surface area contributed by atoms with Gasteiger partial charge in [-0.25, -0.2) is 14.5 Å². The van der Waals surface area contributed by atoms with Gasteiger partial charge in [0.25, 0.3) is 0 Å². The molecule has 0 fully saturated rings. The lowest BCUT2D eigenvalue weighted by Gasteiger charge is -2.14. The first-order chi connectivity index (χ1) is 14.8. The van der Waals surface area contributed by atoms with Gasteiger partial charge in [-0.1, -0.05) is 24.1 Å². The van der Waals surface area contributed by atoms with Crippen LogP contribution in [0.2, 0.25) is 5.02 Å². The number of carboxylic acids is 1. The van der Waals surface area contributed by atoms with E-state index < -0.39 is 17.7 Å². The molecule has 0 atom stereocenters. The van der Waals surface area contributed by atoms with E-state index in [0.29, 0.717) is 17.9 Å². The predicted octanol–water partition coefficient (Wildman–Crippen LogP) is 5.50. The molecular weight excluding hydrogens is 431 g/mol. The second-order valence-corrected chi connectivity index (χ2v) is 7.90. The van der Waals surface area contributed by atoms with Crippen molar-refractivity contribution in [2.45, 2.75) is 44.7 Å². The molecule has 162 valence electrons. The quantitative estimate of drug-likeness (QED) is 0.534. The Morgan fingerprint density at radius 1 is 1.13 bits per heavy atom. The molecule has 2 aromatic heterocycles. The Morgan fingerprint density at radius 2 is 1.90 bits per heavy atom. The van der Waals surface area contributed by atoms with Gasteiger partial charge >= 0.3 is 12.1 Å². The molecule has 0 spiro atoms. The summed E-state index contributed by atoms with van der Waals surface area (Å²) in [6.45, 7) is 0. The van der Waals surface area contributed by atoms with Gasteiger partial charge in [0.15, 0.2) is 5.82 Å². The number of pyridine rings is 1. The molecule has 0 saturated carbocycles. The highest BCUT2D eigenvalue weighted by molar-refractivity contribution is 6.31. The summed E-state index contributed by atoms with van der Waals surface area (Å²) < 4.78 is 42.3. The number of aromatic carboxylic acids is 1. The Balaban J connectivity index is 1.81. The zero-order chi connectivity index (χ0) is 22.2.